The van der Waals surface area contributed by atoms with Crippen LogP contribution in [0.1, 0.15) is 11.1 Å². The zero-order valence-corrected chi connectivity index (χ0v) is 44.2. The van der Waals surface area contributed by atoms with Crippen molar-refractivity contribution in [2.24, 2.45) is 0 Å². The maximum absolute atomic E-state index is 7.78. The molecule has 338 valence electrons. The Morgan fingerprint density at radius 2 is 0.456 bits per heavy atom. The molecule has 0 aliphatic heterocycles. The standard InChI is InChI=1S/C60H52Cl4P4/c61-57-55(45-67(51-33-17-5-18-34-51,52-35-19-6-20-36-52)43-41-65(47-25-9-1-10-26-47)48-27-11-2-12-28-48)58(62)60(64)56(59(57)63)46-68(53-37-21-7-22-38-53,54-39-23-8-24-40-54)44-42-66(49-29-13-3-14-30-49)50-31-15-4-16-32-50/h1-40H,41-46H2/q+2. The molecule has 0 bridgehead atoms. The van der Waals surface area contributed by atoms with Crippen LogP contribution in [0.15, 0.2) is 243 Å². The molecule has 0 saturated heterocycles. The van der Waals surface area contributed by atoms with Gasteiger partial charge in [0.25, 0.3) is 0 Å². The highest BCUT2D eigenvalue weighted by molar-refractivity contribution is 7.90. The zero-order chi connectivity index (χ0) is 46.8. The third kappa shape index (κ3) is 10.8. The fourth-order valence-electron chi connectivity index (χ4n) is 9.52. The summed E-state index contributed by atoms with van der Waals surface area (Å²) in [5, 5.41) is 12.7. The molecule has 0 radical (unpaired) electrons. The van der Waals surface area contributed by atoms with E-state index >= 15 is 0 Å². The third-order valence-corrected chi connectivity index (χ3v) is 29.4. The van der Waals surface area contributed by atoms with E-state index in [1.807, 2.05) is 0 Å². The maximum atomic E-state index is 7.78. The second kappa shape index (κ2) is 23.2. The summed E-state index contributed by atoms with van der Waals surface area (Å²) < 4.78 is 0. The molecule has 0 aromatic heterocycles. The lowest BCUT2D eigenvalue weighted by atomic mass is 10.1. The first kappa shape index (κ1) is 48.9. The Balaban J connectivity index is 1.17. The van der Waals surface area contributed by atoms with Crippen LogP contribution in [0.2, 0.25) is 20.1 Å². The van der Waals surface area contributed by atoms with E-state index in [9.17, 15) is 0 Å². The Labute approximate surface area is 426 Å². The van der Waals surface area contributed by atoms with Gasteiger partial charge >= 0.3 is 0 Å². The molecule has 9 aromatic rings. The van der Waals surface area contributed by atoms with Crippen LogP contribution in [0.5, 0.6) is 0 Å². The summed E-state index contributed by atoms with van der Waals surface area (Å²) in [5.74, 6) is 0. The van der Waals surface area contributed by atoms with E-state index in [4.69, 9.17) is 46.4 Å². The fraction of sp³-hybridized carbons (Fsp3) is 0.100. The van der Waals surface area contributed by atoms with Gasteiger partial charge in [-0.3, -0.25) is 0 Å². The second-order valence-corrected chi connectivity index (χ2v) is 30.5. The van der Waals surface area contributed by atoms with E-state index < -0.39 is 30.4 Å². The molecule has 9 aromatic carbocycles. The first-order valence-corrected chi connectivity index (χ1v) is 31.8. The van der Waals surface area contributed by atoms with Gasteiger partial charge in [-0.1, -0.05) is 241 Å². The lowest BCUT2D eigenvalue weighted by Gasteiger charge is -2.32. The molecule has 8 heteroatoms. The van der Waals surface area contributed by atoms with E-state index in [1.54, 1.807) is 0 Å². The molecule has 68 heavy (non-hydrogen) atoms. The van der Waals surface area contributed by atoms with Crippen LogP contribution < -0.4 is 42.4 Å². The van der Waals surface area contributed by atoms with Gasteiger partial charge < -0.3 is 0 Å². The SMILES string of the molecule is Clc1c(Cl)c(C[P+](CCP(c2ccccc2)c2ccccc2)(c2ccccc2)c2ccccc2)c(Cl)c(Cl)c1C[P+](CCP(c1ccccc1)c1ccccc1)(c1ccccc1)c1ccccc1. The summed E-state index contributed by atoms with van der Waals surface area (Å²) in [7, 11) is -5.98. The van der Waals surface area contributed by atoms with Crippen molar-refractivity contribution >= 4 is 119 Å². The van der Waals surface area contributed by atoms with Crippen molar-refractivity contribution in [2.75, 3.05) is 24.6 Å². The molecule has 0 saturated carbocycles. The number of rotatable bonds is 18. The van der Waals surface area contributed by atoms with Crippen LogP contribution in [0.4, 0.5) is 0 Å². The summed E-state index contributed by atoms with van der Waals surface area (Å²) in [5.41, 5.74) is 1.63. The van der Waals surface area contributed by atoms with Gasteiger partial charge in [0.2, 0.25) is 0 Å². The minimum absolute atomic E-state index is 0.496. The molecule has 0 fully saturated rings. The maximum Gasteiger partial charge on any atom is 0.0995 e. The van der Waals surface area contributed by atoms with E-state index in [0.717, 1.165) is 35.8 Å². The van der Waals surface area contributed by atoms with Gasteiger partial charge in [0.15, 0.2) is 0 Å². The summed E-state index contributed by atoms with van der Waals surface area (Å²) in [6.07, 6.45) is 5.05. The molecular weight excluding hydrogens is 986 g/mol. The van der Waals surface area contributed by atoms with Gasteiger partial charge in [0.1, 0.15) is 0 Å². The topological polar surface area (TPSA) is 0 Å². The number of halogens is 4. The smallest absolute Gasteiger partial charge is 0.0822 e. The average molecular weight is 1040 g/mol. The third-order valence-electron chi connectivity index (χ3n) is 13.0. The number of hydrogen-bond acceptors (Lipinski definition) is 0. The summed E-state index contributed by atoms with van der Waals surface area (Å²) >= 11 is 31.1. The molecule has 0 aliphatic carbocycles. The van der Waals surface area contributed by atoms with Crippen LogP contribution in [0.25, 0.3) is 0 Å². The highest BCUT2D eigenvalue weighted by Crippen LogP contribution is 2.65. The van der Waals surface area contributed by atoms with Crippen LogP contribution in [0.3, 0.4) is 0 Å². The minimum Gasteiger partial charge on any atom is -0.0822 e. The molecule has 0 N–H and O–H groups in total. The Kier molecular flexibility index (Phi) is 16.7. The summed E-state index contributed by atoms with van der Waals surface area (Å²) in [4.78, 5) is 0. The van der Waals surface area contributed by atoms with Crippen LogP contribution in [-0.4, -0.2) is 24.6 Å². The van der Waals surface area contributed by atoms with Crippen LogP contribution >= 0.6 is 76.8 Å². The van der Waals surface area contributed by atoms with Crippen molar-refractivity contribution in [1.29, 1.82) is 0 Å². The van der Waals surface area contributed by atoms with Crippen LogP contribution in [0, 0.1) is 0 Å². The van der Waals surface area contributed by atoms with E-state index in [2.05, 4.69) is 243 Å². The molecule has 0 nitrogen and oxygen atoms in total. The Morgan fingerprint density at radius 1 is 0.265 bits per heavy atom. The Bertz CT molecular complexity index is 2590. The molecule has 0 aliphatic rings. The Morgan fingerprint density at radius 3 is 0.662 bits per heavy atom. The highest BCUT2D eigenvalue weighted by Gasteiger charge is 2.48. The van der Waals surface area contributed by atoms with E-state index in [0.29, 0.717) is 32.4 Å². The fourth-order valence-corrected chi connectivity index (χ4v) is 26.5. The van der Waals surface area contributed by atoms with Crippen molar-refractivity contribution in [1.82, 2.24) is 0 Å². The first-order valence-electron chi connectivity index (χ1n) is 22.9. The van der Waals surface area contributed by atoms with Crippen molar-refractivity contribution in [3.05, 3.63) is 274 Å². The van der Waals surface area contributed by atoms with Crippen molar-refractivity contribution in [2.45, 2.75) is 12.3 Å². The molecule has 0 spiro atoms. The molecule has 0 amide bonds. The van der Waals surface area contributed by atoms with Crippen molar-refractivity contribution in [3.8, 4) is 0 Å². The van der Waals surface area contributed by atoms with Crippen molar-refractivity contribution < 1.29 is 0 Å². The van der Waals surface area contributed by atoms with Gasteiger partial charge in [-0.25, -0.2) is 0 Å². The van der Waals surface area contributed by atoms with Gasteiger partial charge in [0.05, 0.1) is 80.5 Å². The number of hydrogen-bond donors (Lipinski definition) is 0. The molecule has 0 heterocycles. The zero-order valence-electron chi connectivity index (χ0n) is 37.6. The normalized spacial score (nSPS) is 11.9. The van der Waals surface area contributed by atoms with Gasteiger partial charge in [-0.2, -0.15) is 0 Å². The predicted octanol–water partition coefficient (Wildman–Crippen LogP) is 14.9. The van der Waals surface area contributed by atoms with Crippen molar-refractivity contribution in [3.63, 3.8) is 0 Å². The monoisotopic (exact) mass is 1040 g/mol. The van der Waals surface area contributed by atoms with Gasteiger partial charge in [-0.05, 0) is 85.6 Å². The molecule has 0 unspecified atom stereocenters. The largest absolute Gasteiger partial charge is 0.0995 e. The van der Waals surface area contributed by atoms with Gasteiger partial charge in [-0.15, -0.1) is 0 Å². The quantitative estimate of drug-likeness (QED) is 0.0593. The molecule has 0 atom stereocenters. The highest BCUT2D eigenvalue weighted by atomic mass is 35.5. The lowest BCUT2D eigenvalue weighted by Crippen LogP contribution is -2.30. The molecule has 9 rings (SSSR count). The second-order valence-electron chi connectivity index (χ2n) is 16.9. The number of benzene rings is 9. The van der Waals surface area contributed by atoms with E-state index in [1.165, 1.54) is 42.4 Å². The van der Waals surface area contributed by atoms with E-state index in [-0.39, 0.29) is 0 Å². The summed E-state index contributed by atoms with van der Waals surface area (Å²) in [6, 6.07) is 88.1. The first-order chi connectivity index (χ1) is 33.4. The minimum atomic E-state index is -2.30. The Hall–Kier alpha value is -4.14. The average Bonchev–Trinajstić information content (AvgIpc) is 3.42. The predicted molar refractivity (Wildman–Crippen MR) is 310 cm³/mol. The van der Waals surface area contributed by atoms with Crippen LogP contribution in [-0.2, 0) is 12.3 Å². The van der Waals surface area contributed by atoms with Gasteiger partial charge in [0, 0.05) is 23.5 Å². The lowest BCUT2D eigenvalue weighted by molar-refractivity contribution is 1.29. The summed E-state index contributed by atoms with van der Waals surface area (Å²) in [6.45, 7) is 0. The molecular formula is C60H52Cl4P4+2.